The van der Waals surface area contributed by atoms with E-state index in [4.69, 9.17) is 15.2 Å². The van der Waals surface area contributed by atoms with Crippen LogP contribution in [0.3, 0.4) is 0 Å². The fourth-order valence-corrected chi connectivity index (χ4v) is 5.29. The molecule has 1 aromatic carbocycles. The smallest absolute Gasteiger partial charge is 0.242 e. The molecule has 1 aromatic rings. The lowest BCUT2D eigenvalue weighted by Gasteiger charge is -2.28. The third-order valence-electron chi connectivity index (χ3n) is 4.03. The third kappa shape index (κ3) is 4.30. The van der Waals surface area contributed by atoms with Crippen molar-refractivity contribution in [2.24, 2.45) is 5.73 Å². The Labute approximate surface area is 151 Å². The van der Waals surface area contributed by atoms with Gasteiger partial charge in [-0.15, -0.1) is 12.4 Å². The fraction of sp³-hybridized carbons (Fsp3) is 0.571. The van der Waals surface area contributed by atoms with E-state index in [9.17, 15) is 8.42 Å². The summed E-state index contributed by atoms with van der Waals surface area (Å²) in [6.45, 7) is 0.289. The number of rotatable bonds is 6. The van der Waals surface area contributed by atoms with Gasteiger partial charge in [0, 0.05) is 22.6 Å². The molecule has 1 fully saturated rings. The summed E-state index contributed by atoms with van der Waals surface area (Å²) in [6, 6.07) is 3.03. The van der Waals surface area contributed by atoms with Crippen molar-refractivity contribution in [2.45, 2.75) is 36.1 Å². The molecule has 0 aliphatic heterocycles. The van der Waals surface area contributed by atoms with Crippen LogP contribution in [-0.4, -0.2) is 34.7 Å². The number of sulfonamides is 1. The van der Waals surface area contributed by atoms with Crippen molar-refractivity contribution in [1.82, 2.24) is 4.72 Å². The molecule has 0 unspecified atom stereocenters. The van der Waals surface area contributed by atoms with Crippen LogP contribution >= 0.6 is 28.3 Å². The highest BCUT2D eigenvalue weighted by atomic mass is 79.9. The van der Waals surface area contributed by atoms with E-state index in [0.29, 0.717) is 16.0 Å². The van der Waals surface area contributed by atoms with Gasteiger partial charge in [-0.05, 0) is 34.8 Å². The molecule has 132 valence electrons. The zero-order valence-corrected chi connectivity index (χ0v) is 16.3. The van der Waals surface area contributed by atoms with Crippen LogP contribution in [0.4, 0.5) is 0 Å². The number of ether oxygens (including phenoxy) is 2. The lowest BCUT2D eigenvalue weighted by molar-refractivity contribution is 0.353. The van der Waals surface area contributed by atoms with Crippen LogP contribution in [0, 0.1) is 0 Å². The van der Waals surface area contributed by atoms with Crippen LogP contribution in [0.2, 0.25) is 0 Å². The highest BCUT2D eigenvalue weighted by molar-refractivity contribution is 9.10. The summed E-state index contributed by atoms with van der Waals surface area (Å²) < 4.78 is 39.1. The third-order valence-corrected chi connectivity index (χ3v) is 6.57. The summed E-state index contributed by atoms with van der Waals surface area (Å²) in [5.41, 5.74) is 5.26. The van der Waals surface area contributed by atoms with Crippen LogP contribution in [0.15, 0.2) is 21.5 Å². The summed E-state index contributed by atoms with van der Waals surface area (Å²) in [4.78, 5) is 0.116. The van der Waals surface area contributed by atoms with E-state index < -0.39 is 15.6 Å². The second-order valence-corrected chi connectivity index (χ2v) is 7.94. The first-order valence-corrected chi connectivity index (χ1v) is 9.31. The molecule has 9 heteroatoms. The predicted molar refractivity (Wildman–Crippen MR) is 95.1 cm³/mol. The minimum Gasteiger partial charge on any atom is -0.493 e. The molecule has 0 bridgehead atoms. The van der Waals surface area contributed by atoms with Crippen molar-refractivity contribution < 1.29 is 17.9 Å². The average Bonchev–Trinajstić information content (AvgIpc) is 2.94. The number of hydrogen-bond donors (Lipinski definition) is 2. The van der Waals surface area contributed by atoms with Crippen LogP contribution in [0.25, 0.3) is 0 Å². The number of hydrogen-bond acceptors (Lipinski definition) is 5. The maximum Gasteiger partial charge on any atom is 0.242 e. The first kappa shape index (κ1) is 20.5. The van der Waals surface area contributed by atoms with Gasteiger partial charge in [0.15, 0.2) is 11.5 Å². The van der Waals surface area contributed by atoms with Crippen molar-refractivity contribution in [3.05, 3.63) is 16.6 Å². The Balaban J connectivity index is 0.00000264. The molecule has 1 aliphatic carbocycles. The highest BCUT2D eigenvalue weighted by Gasteiger charge is 2.37. The van der Waals surface area contributed by atoms with Gasteiger partial charge in [-0.3, -0.25) is 0 Å². The maximum absolute atomic E-state index is 12.7. The topological polar surface area (TPSA) is 90.7 Å². The zero-order valence-electron chi connectivity index (χ0n) is 13.1. The van der Waals surface area contributed by atoms with Crippen LogP contribution in [-0.2, 0) is 10.0 Å². The SMILES string of the molecule is COc1cc(Br)c(S(=O)(=O)NC2(CN)CCCC2)cc1OC.Cl. The van der Waals surface area contributed by atoms with Crippen molar-refractivity contribution in [1.29, 1.82) is 0 Å². The Morgan fingerprint density at radius 2 is 1.74 bits per heavy atom. The molecular formula is C14H22BrClN2O4S. The van der Waals surface area contributed by atoms with E-state index >= 15 is 0 Å². The summed E-state index contributed by atoms with van der Waals surface area (Å²) >= 11 is 3.29. The zero-order chi connectivity index (χ0) is 16.4. The largest absolute Gasteiger partial charge is 0.493 e. The Morgan fingerprint density at radius 1 is 1.22 bits per heavy atom. The molecule has 23 heavy (non-hydrogen) atoms. The van der Waals surface area contributed by atoms with E-state index in [1.165, 1.54) is 20.3 Å². The number of methoxy groups -OCH3 is 2. The van der Waals surface area contributed by atoms with Crippen molar-refractivity contribution in [3.8, 4) is 11.5 Å². The lowest BCUT2D eigenvalue weighted by Crippen LogP contribution is -2.51. The van der Waals surface area contributed by atoms with Crippen molar-refractivity contribution in [2.75, 3.05) is 20.8 Å². The summed E-state index contributed by atoms with van der Waals surface area (Å²) in [6.07, 6.45) is 3.47. The number of halogens is 2. The quantitative estimate of drug-likeness (QED) is 0.725. The molecule has 0 amide bonds. The molecule has 1 saturated carbocycles. The molecule has 0 spiro atoms. The maximum atomic E-state index is 12.7. The van der Waals surface area contributed by atoms with Gasteiger partial charge in [0.25, 0.3) is 0 Å². The normalized spacial score (nSPS) is 16.7. The molecule has 0 atom stereocenters. The van der Waals surface area contributed by atoms with Gasteiger partial charge in [0.1, 0.15) is 4.90 Å². The second kappa shape index (κ2) is 8.02. The Hall–Kier alpha value is -0.540. The average molecular weight is 430 g/mol. The number of benzene rings is 1. The molecule has 0 saturated heterocycles. The van der Waals surface area contributed by atoms with Crippen LogP contribution in [0.5, 0.6) is 11.5 Å². The van der Waals surface area contributed by atoms with Crippen LogP contribution < -0.4 is 19.9 Å². The Bertz CT molecular complexity index is 648. The monoisotopic (exact) mass is 428 g/mol. The van der Waals surface area contributed by atoms with Gasteiger partial charge in [-0.2, -0.15) is 0 Å². The number of nitrogens with two attached hydrogens (primary N) is 1. The van der Waals surface area contributed by atoms with Gasteiger partial charge in [-0.25, -0.2) is 13.1 Å². The molecule has 6 nitrogen and oxygen atoms in total. The van der Waals surface area contributed by atoms with E-state index in [2.05, 4.69) is 20.7 Å². The second-order valence-electron chi connectivity index (χ2n) is 5.43. The minimum absolute atomic E-state index is 0. The van der Waals surface area contributed by atoms with Gasteiger partial charge in [0.2, 0.25) is 10.0 Å². The molecule has 3 N–H and O–H groups in total. The highest BCUT2D eigenvalue weighted by Crippen LogP contribution is 2.37. The van der Waals surface area contributed by atoms with Crippen molar-refractivity contribution >= 4 is 38.4 Å². The molecule has 1 aliphatic rings. The van der Waals surface area contributed by atoms with Gasteiger partial charge in [0.05, 0.1) is 14.2 Å². The van der Waals surface area contributed by atoms with Crippen molar-refractivity contribution in [3.63, 3.8) is 0 Å². The first-order valence-electron chi connectivity index (χ1n) is 7.03. The number of nitrogens with one attached hydrogen (secondary N) is 1. The molecule has 0 heterocycles. The predicted octanol–water partition coefficient (Wildman–Crippen LogP) is 2.44. The van der Waals surface area contributed by atoms with Gasteiger partial charge >= 0.3 is 0 Å². The fourth-order valence-electron chi connectivity index (χ4n) is 2.78. The molecule has 0 aromatic heterocycles. The summed E-state index contributed by atoms with van der Waals surface area (Å²) in [5, 5.41) is 0. The van der Waals surface area contributed by atoms with Gasteiger partial charge < -0.3 is 15.2 Å². The Morgan fingerprint density at radius 3 is 2.22 bits per heavy atom. The first-order chi connectivity index (χ1) is 10.4. The summed E-state index contributed by atoms with van der Waals surface area (Å²) in [5.74, 6) is 0.821. The van der Waals surface area contributed by atoms with Crippen LogP contribution in [0.1, 0.15) is 25.7 Å². The standard InChI is InChI=1S/C14H21BrN2O4S.ClH/c1-20-11-7-10(15)13(8-12(11)21-2)22(18,19)17-14(9-16)5-3-4-6-14;/h7-8,17H,3-6,9,16H2,1-2H3;1H. The minimum atomic E-state index is -3.71. The van der Waals surface area contributed by atoms with Gasteiger partial charge in [-0.1, -0.05) is 12.8 Å². The van der Waals surface area contributed by atoms with E-state index in [1.54, 1.807) is 6.07 Å². The van der Waals surface area contributed by atoms with E-state index in [-0.39, 0.29) is 23.8 Å². The molecule has 0 radical (unpaired) electrons. The summed E-state index contributed by atoms with van der Waals surface area (Å²) in [7, 11) is -0.750. The Kier molecular flexibility index (Phi) is 7.15. The molecular weight excluding hydrogens is 408 g/mol. The van der Waals surface area contributed by atoms with E-state index in [1.807, 2.05) is 0 Å². The molecule has 2 rings (SSSR count). The van der Waals surface area contributed by atoms with E-state index in [0.717, 1.165) is 25.7 Å². The lowest BCUT2D eigenvalue weighted by atomic mass is 10.0.